The van der Waals surface area contributed by atoms with Gasteiger partial charge in [0.15, 0.2) is 0 Å². The van der Waals surface area contributed by atoms with Crippen molar-refractivity contribution in [2.24, 2.45) is 0 Å². The summed E-state index contributed by atoms with van der Waals surface area (Å²) in [7, 11) is 1.90. The number of benzene rings is 1. The van der Waals surface area contributed by atoms with Crippen LogP contribution in [0.2, 0.25) is 0 Å². The van der Waals surface area contributed by atoms with Crippen LogP contribution in [0.15, 0.2) is 44.8 Å². The van der Waals surface area contributed by atoms with Crippen molar-refractivity contribution >= 4 is 23.1 Å². The van der Waals surface area contributed by atoms with Crippen molar-refractivity contribution < 1.29 is 0 Å². The highest BCUT2D eigenvalue weighted by Crippen LogP contribution is 2.33. The maximum absolute atomic E-state index is 9.16. The fraction of sp³-hybridized carbons (Fsp3) is 0.154. The fourth-order valence-electron chi connectivity index (χ4n) is 1.50. The Labute approximate surface area is 109 Å². The minimum atomic E-state index is 0.746. The number of nitrogens with one attached hydrogen (secondary N) is 1. The second-order valence-corrected chi connectivity index (χ2v) is 5.80. The average Bonchev–Trinajstić information content (AvgIpc) is 2.84. The third-order valence-electron chi connectivity index (χ3n) is 2.25. The van der Waals surface area contributed by atoms with Crippen molar-refractivity contribution in [1.29, 1.82) is 5.26 Å². The lowest BCUT2D eigenvalue weighted by Gasteiger charge is -2.05. The van der Waals surface area contributed by atoms with Crippen molar-refractivity contribution in [3.8, 4) is 6.07 Å². The summed E-state index contributed by atoms with van der Waals surface area (Å²) in [4.78, 5) is 1.02. The summed E-state index contributed by atoms with van der Waals surface area (Å²) in [6, 6.07) is 12.4. The number of nitriles is 1. The van der Waals surface area contributed by atoms with Crippen molar-refractivity contribution in [1.82, 2.24) is 5.32 Å². The van der Waals surface area contributed by atoms with Crippen LogP contribution in [0.3, 0.4) is 0 Å². The van der Waals surface area contributed by atoms with Crippen LogP contribution in [0, 0.1) is 11.3 Å². The maximum atomic E-state index is 9.16. The molecule has 1 aromatic carbocycles. The molecule has 0 atom stereocenters. The van der Waals surface area contributed by atoms with E-state index in [2.05, 4.69) is 23.5 Å². The zero-order valence-corrected chi connectivity index (χ0v) is 11.1. The molecule has 2 rings (SSSR count). The summed E-state index contributed by atoms with van der Waals surface area (Å²) in [5.74, 6) is 0. The molecule has 17 heavy (non-hydrogen) atoms. The molecule has 0 saturated carbocycles. The van der Waals surface area contributed by atoms with Gasteiger partial charge in [0.1, 0.15) is 6.07 Å². The number of nitrogens with zero attached hydrogens (tertiary/aromatic N) is 1. The lowest BCUT2D eigenvalue weighted by Crippen LogP contribution is -2.05. The first-order chi connectivity index (χ1) is 8.33. The van der Waals surface area contributed by atoms with E-state index < -0.39 is 0 Å². The lowest BCUT2D eigenvalue weighted by atomic mass is 10.1. The molecule has 0 fully saturated rings. The molecule has 2 aromatic rings. The van der Waals surface area contributed by atoms with Gasteiger partial charge in [-0.05, 0) is 36.2 Å². The molecule has 0 aliphatic rings. The molecule has 0 spiro atoms. The fourth-order valence-corrected chi connectivity index (χ4v) is 3.29. The molecule has 2 nitrogen and oxygen atoms in total. The highest BCUT2D eigenvalue weighted by atomic mass is 32.2. The second-order valence-electron chi connectivity index (χ2n) is 3.51. The maximum Gasteiger partial charge on any atom is 0.100 e. The number of hydrogen-bond donors (Lipinski definition) is 1. The number of rotatable bonds is 4. The summed E-state index contributed by atoms with van der Waals surface area (Å²) in [6.45, 7) is 0.790. The van der Waals surface area contributed by atoms with Gasteiger partial charge < -0.3 is 5.32 Å². The van der Waals surface area contributed by atoms with Crippen molar-refractivity contribution in [3.63, 3.8) is 0 Å². The normalized spacial score (nSPS) is 10.1. The average molecular weight is 260 g/mol. The van der Waals surface area contributed by atoms with E-state index in [0.29, 0.717) is 0 Å². The monoisotopic (exact) mass is 260 g/mol. The van der Waals surface area contributed by atoms with Gasteiger partial charge in [0.2, 0.25) is 0 Å². The zero-order chi connectivity index (χ0) is 12.1. The van der Waals surface area contributed by atoms with Crippen molar-refractivity contribution in [2.45, 2.75) is 15.6 Å². The third kappa shape index (κ3) is 3.10. The van der Waals surface area contributed by atoms with Gasteiger partial charge in [-0.3, -0.25) is 0 Å². The van der Waals surface area contributed by atoms with Crippen LogP contribution in [0.4, 0.5) is 0 Å². The summed E-state index contributed by atoms with van der Waals surface area (Å²) >= 11 is 3.34. The van der Waals surface area contributed by atoms with Crippen LogP contribution < -0.4 is 5.32 Å². The van der Waals surface area contributed by atoms with E-state index in [4.69, 9.17) is 5.26 Å². The zero-order valence-electron chi connectivity index (χ0n) is 9.43. The Morgan fingerprint density at radius 2 is 2.29 bits per heavy atom. The molecule has 1 N–H and O–H groups in total. The highest BCUT2D eigenvalue weighted by molar-refractivity contribution is 8.01. The van der Waals surface area contributed by atoms with Gasteiger partial charge in [0.05, 0.1) is 9.77 Å². The molecule has 1 aromatic heterocycles. The first kappa shape index (κ1) is 12.2. The lowest BCUT2D eigenvalue weighted by molar-refractivity contribution is 0.816. The Balaban J connectivity index is 2.25. The van der Waals surface area contributed by atoms with E-state index in [9.17, 15) is 0 Å². The molecule has 86 valence electrons. The van der Waals surface area contributed by atoms with Gasteiger partial charge in [0.25, 0.3) is 0 Å². The Bertz CT molecular complexity index is 527. The molecule has 0 saturated heterocycles. The molecule has 4 heteroatoms. The summed E-state index contributed by atoms with van der Waals surface area (Å²) in [5.41, 5.74) is 1.88. The summed E-state index contributed by atoms with van der Waals surface area (Å²) in [6.07, 6.45) is 0. The van der Waals surface area contributed by atoms with Gasteiger partial charge in [-0.25, -0.2) is 0 Å². The molecule has 0 amide bonds. The molecule has 0 aliphatic heterocycles. The van der Waals surface area contributed by atoms with Crippen molar-refractivity contribution in [2.75, 3.05) is 7.05 Å². The molecule has 0 aliphatic carbocycles. The van der Waals surface area contributed by atoms with E-state index in [0.717, 1.165) is 22.6 Å². The van der Waals surface area contributed by atoms with Gasteiger partial charge in [-0.2, -0.15) is 5.26 Å². The first-order valence-corrected chi connectivity index (χ1v) is 6.92. The largest absolute Gasteiger partial charge is 0.316 e. The molecule has 0 bridgehead atoms. The standard InChI is InChI=1S/C13H12N2S2/c1-15-9-10-4-5-12(11(7-10)8-14)17-13-3-2-6-16-13/h2-7,15H,9H2,1H3. The summed E-state index contributed by atoms with van der Waals surface area (Å²) < 4.78 is 1.21. The predicted octanol–water partition coefficient (Wildman–Crippen LogP) is 3.49. The Hall–Kier alpha value is -1.28. The molecular formula is C13H12N2S2. The quantitative estimate of drug-likeness (QED) is 0.914. The van der Waals surface area contributed by atoms with Crippen LogP contribution in [0.25, 0.3) is 0 Å². The molecule has 1 heterocycles. The highest BCUT2D eigenvalue weighted by Gasteiger charge is 2.06. The van der Waals surface area contributed by atoms with Gasteiger partial charge in [0, 0.05) is 11.4 Å². The second kappa shape index (κ2) is 5.87. The number of thiophene rings is 1. The smallest absolute Gasteiger partial charge is 0.100 e. The van der Waals surface area contributed by atoms with Crippen LogP contribution in [-0.2, 0) is 6.54 Å². The summed E-state index contributed by atoms with van der Waals surface area (Å²) in [5, 5.41) is 14.3. The van der Waals surface area contributed by atoms with Crippen LogP contribution in [0.1, 0.15) is 11.1 Å². The predicted molar refractivity (Wildman–Crippen MR) is 72.4 cm³/mol. The Kier molecular flexibility index (Phi) is 4.21. The van der Waals surface area contributed by atoms with E-state index in [1.807, 2.05) is 30.6 Å². The minimum Gasteiger partial charge on any atom is -0.316 e. The Morgan fingerprint density at radius 3 is 2.94 bits per heavy atom. The van der Waals surface area contributed by atoms with Gasteiger partial charge >= 0.3 is 0 Å². The first-order valence-electron chi connectivity index (χ1n) is 5.22. The molecule has 0 radical (unpaired) electrons. The van der Waals surface area contributed by atoms with E-state index in [-0.39, 0.29) is 0 Å². The minimum absolute atomic E-state index is 0.746. The Morgan fingerprint density at radius 1 is 1.41 bits per heavy atom. The van der Waals surface area contributed by atoms with Crippen LogP contribution in [0.5, 0.6) is 0 Å². The van der Waals surface area contributed by atoms with Gasteiger partial charge in [-0.15, -0.1) is 11.3 Å². The molecular weight excluding hydrogens is 248 g/mol. The SMILES string of the molecule is CNCc1ccc(Sc2cccs2)c(C#N)c1. The third-order valence-corrected chi connectivity index (χ3v) is 4.36. The van der Waals surface area contributed by atoms with E-state index >= 15 is 0 Å². The van der Waals surface area contributed by atoms with E-state index in [1.54, 1.807) is 23.1 Å². The van der Waals surface area contributed by atoms with E-state index in [1.165, 1.54) is 4.21 Å². The topological polar surface area (TPSA) is 35.8 Å². The van der Waals surface area contributed by atoms with Crippen LogP contribution in [-0.4, -0.2) is 7.05 Å². The van der Waals surface area contributed by atoms with Gasteiger partial charge in [-0.1, -0.05) is 23.9 Å². The van der Waals surface area contributed by atoms with Crippen molar-refractivity contribution in [3.05, 3.63) is 46.8 Å². The molecule has 0 unspecified atom stereocenters. The number of hydrogen-bond acceptors (Lipinski definition) is 4. The van der Waals surface area contributed by atoms with Crippen LogP contribution >= 0.6 is 23.1 Å².